The molecule has 4 atom stereocenters. The summed E-state index contributed by atoms with van der Waals surface area (Å²) in [5.74, 6) is -4.85. The quantitative estimate of drug-likeness (QED) is 0.230. The Kier molecular flexibility index (Phi) is 9.99. The van der Waals surface area contributed by atoms with Crippen LogP contribution in [0, 0.1) is 17.6 Å². The van der Waals surface area contributed by atoms with E-state index in [2.05, 4.69) is 40.4 Å². The van der Waals surface area contributed by atoms with Crippen LogP contribution in [0.1, 0.15) is 35.7 Å². The summed E-state index contributed by atoms with van der Waals surface area (Å²) < 4.78 is 70.8. The maximum atomic E-state index is 15.5. The van der Waals surface area contributed by atoms with E-state index in [1.807, 2.05) is 0 Å². The molecule has 0 spiro atoms. The van der Waals surface area contributed by atoms with Crippen LogP contribution in [0.25, 0.3) is 0 Å². The molecule has 10 nitrogen and oxygen atoms in total. The molecule has 0 radical (unpaired) electrons. The van der Waals surface area contributed by atoms with Gasteiger partial charge in [0.05, 0.1) is 20.1 Å². The van der Waals surface area contributed by atoms with E-state index in [9.17, 15) is 18.4 Å². The first-order chi connectivity index (χ1) is 22.4. The summed E-state index contributed by atoms with van der Waals surface area (Å²) in [6, 6.07) is 10.8. The number of carbonyl (C=O) groups excluding carboxylic acids is 2. The van der Waals surface area contributed by atoms with E-state index in [1.165, 1.54) is 43.4 Å². The number of likely N-dealkylation sites (N-methyl/N-ethyl adjacent to an activating group) is 1. The van der Waals surface area contributed by atoms with Gasteiger partial charge in [-0.2, -0.15) is 8.78 Å². The van der Waals surface area contributed by atoms with Crippen molar-refractivity contribution in [2.24, 2.45) is 10.9 Å². The van der Waals surface area contributed by atoms with E-state index in [4.69, 9.17) is 14.5 Å². The lowest BCUT2D eigenvalue weighted by atomic mass is 9.88. The number of methoxy groups -OCH3 is 2. The second-order valence-electron chi connectivity index (χ2n) is 11.5. The Morgan fingerprint density at radius 2 is 1.60 bits per heavy atom. The van der Waals surface area contributed by atoms with Gasteiger partial charge in [0.15, 0.2) is 11.6 Å². The van der Waals surface area contributed by atoms with Gasteiger partial charge >= 0.3 is 6.61 Å². The number of alkyl halides is 2. The van der Waals surface area contributed by atoms with Crippen LogP contribution in [0.15, 0.2) is 53.5 Å². The van der Waals surface area contributed by atoms with E-state index in [-0.39, 0.29) is 52.8 Å². The fourth-order valence-electron chi connectivity index (χ4n) is 5.96. The molecule has 5 rings (SSSR count). The number of piperazine rings is 1. The fourth-order valence-corrected chi connectivity index (χ4v) is 5.96. The molecule has 2 fully saturated rings. The number of aliphatic imine (C=N–C) groups is 1. The standard InChI is InChI=1S/C33H35F4N5O5/c1-18-15-41(16-19(2)40(18)3)28-11-10-27(46-5)30(39-28)42-17-24(29-25(34)12-22(45-4)13-26(29)35)23(32(42)44)14-38-31(43)20-6-8-21(9-7-20)47-33(36)37/h6-14,18-19,23-24,33H,15-17H2,1-5H3/t18-,19+,23?,24-/m1/s1. The molecule has 0 aliphatic carbocycles. The van der Waals surface area contributed by atoms with Crippen LogP contribution in [-0.4, -0.2) is 87.5 Å². The molecule has 0 bridgehead atoms. The third-order valence-electron chi connectivity index (χ3n) is 8.69. The van der Waals surface area contributed by atoms with E-state index < -0.39 is 41.9 Å². The Hall–Kier alpha value is -4.72. The van der Waals surface area contributed by atoms with Gasteiger partial charge in [0.25, 0.3) is 5.91 Å². The van der Waals surface area contributed by atoms with Gasteiger partial charge in [0, 0.05) is 67.1 Å². The molecule has 250 valence electrons. The smallest absolute Gasteiger partial charge is 0.387 e. The minimum Gasteiger partial charge on any atom is -0.497 e. The van der Waals surface area contributed by atoms with Crippen molar-refractivity contribution in [3.05, 3.63) is 71.3 Å². The number of anilines is 2. The van der Waals surface area contributed by atoms with Gasteiger partial charge in [-0.15, -0.1) is 0 Å². The summed E-state index contributed by atoms with van der Waals surface area (Å²) in [7, 11) is 4.76. The number of rotatable bonds is 9. The largest absolute Gasteiger partial charge is 0.497 e. The summed E-state index contributed by atoms with van der Waals surface area (Å²) in [6.07, 6.45) is 1.06. The molecule has 2 saturated heterocycles. The second-order valence-corrected chi connectivity index (χ2v) is 11.5. The van der Waals surface area contributed by atoms with Crippen LogP contribution < -0.4 is 24.0 Å². The number of benzene rings is 2. The molecule has 2 aliphatic heterocycles. The Balaban J connectivity index is 1.51. The Labute approximate surface area is 269 Å². The number of halogens is 4. The molecule has 14 heteroatoms. The minimum atomic E-state index is -3.04. The average molecular weight is 658 g/mol. The Morgan fingerprint density at radius 1 is 0.957 bits per heavy atom. The van der Waals surface area contributed by atoms with Crippen LogP contribution in [0.3, 0.4) is 0 Å². The fraction of sp³-hybridized carbons (Fsp3) is 0.394. The molecule has 1 unspecified atom stereocenters. The van der Waals surface area contributed by atoms with Crippen molar-refractivity contribution in [3.8, 4) is 17.2 Å². The molecule has 3 aromatic rings. The van der Waals surface area contributed by atoms with E-state index in [0.717, 1.165) is 18.3 Å². The summed E-state index contributed by atoms with van der Waals surface area (Å²) >= 11 is 0. The van der Waals surface area contributed by atoms with Crippen LogP contribution in [-0.2, 0) is 4.79 Å². The number of nitrogens with zero attached hydrogens (tertiary/aromatic N) is 5. The van der Waals surface area contributed by atoms with Crippen molar-refractivity contribution in [3.63, 3.8) is 0 Å². The van der Waals surface area contributed by atoms with Crippen LogP contribution in [0.2, 0.25) is 0 Å². The zero-order valence-electron chi connectivity index (χ0n) is 26.5. The third-order valence-corrected chi connectivity index (χ3v) is 8.69. The van der Waals surface area contributed by atoms with E-state index in [0.29, 0.717) is 18.9 Å². The maximum Gasteiger partial charge on any atom is 0.387 e. The lowest BCUT2D eigenvalue weighted by molar-refractivity contribution is -0.118. The van der Waals surface area contributed by atoms with Gasteiger partial charge in [-0.25, -0.2) is 18.8 Å². The normalized spacial score (nSPS) is 22.0. The van der Waals surface area contributed by atoms with Gasteiger partial charge < -0.3 is 19.1 Å². The van der Waals surface area contributed by atoms with Gasteiger partial charge in [-0.1, -0.05) is 0 Å². The van der Waals surface area contributed by atoms with Crippen LogP contribution in [0.5, 0.6) is 17.2 Å². The molecule has 2 aliphatic rings. The van der Waals surface area contributed by atoms with Crippen molar-refractivity contribution in [2.45, 2.75) is 38.5 Å². The predicted octanol–water partition coefficient (Wildman–Crippen LogP) is 5.17. The van der Waals surface area contributed by atoms with E-state index >= 15 is 8.78 Å². The molecule has 0 saturated carbocycles. The highest BCUT2D eigenvalue weighted by Crippen LogP contribution is 2.41. The number of pyridine rings is 1. The molecule has 2 aromatic carbocycles. The van der Waals surface area contributed by atoms with Crippen molar-refractivity contribution >= 4 is 29.7 Å². The first-order valence-corrected chi connectivity index (χ1v) is 14.9. The van der Waals surface area contributed by atoms with Gasteiger partial charge in [-0.3, -0.25) is 19.4 Å². The van der Waals surface area contributed by atoms with Crippen molar-refractivity contribution < 1.29 is 41.4 Å². The summed E-state index contributed by atoms with van der Waals surface area (Å²) in [5.41, 5.74) is -0.355. The minimum absolute atomic E-state index is 0.0233. The predicted molar refractivity (Wildman–Crippen MR) is 167 cm³/mol. The highest BCUT2D eigenvalue weighted by molar-refractivity contribution is 6.10. The summed E-state index contributed by atoms with van der Waals surface area (Å²) in [4.78, 5) is 41.4. The Bertz CT molecular complexity index is 1620. The number of amides is 2. The summed E-state index contributed by atoms with van der Waals surface area (Å²) in [6.45, 7) is 2.35. The first kappa shape index (κ1) is 33.6. The number of carbonyl (C=O) groups is 2. The lowest BCUT2D eigenvalue weighted by Gasteiger charge is -2.43. The number of hydrogen-bond acceptors (Lipinski definition) is 8. The zero-order chi connectivity index (χ0) is 34.0. The van der Waals surface area contributed by atoms with E-state index in [1.54, 1.807) is 12.1 Å². The molecule has 3 heterocycles. The van der Waals surface area contributed by atoms with Crippen LogP contribution >= 0.6 is 0 Å². The van der Waals surface area contributed by atoms with Crippen molar-refractivity contribution in [1.29, 1.82) is 0 Å². The van der Waals surface area contributed by atoms with Gasteiger partial charge in [0.2, 0.25) is 5.91 Å². The maximum absolute atomic E-state index is 15.5. The summed E-state index contributed by atoms with van der Waals surface area (Å²) in [5, 5.41) is 0. The number of ether oxygens (including phenoxy) is 3. The van der Waals surface area contributed by atoms with Crippen LogP contribution in [0.4, 0.5) is 29.2 Å². The molecule has 1 aromatic heterocycles. The molecule has 47 heavy (non-hydrogen) atoms. The topological polar surface area (TPSA) is 96.8 Å². The Morgan fingerprint density at radius 3 is 2.17 bits per heavy atom. The number of hydrogen-bond donors (Lipinski definition) is 0. The molecule has 0 N–H and O–H groups in total. The van der Waals surface area contributed by atoms with Gasteiger partial charge in [-0.05, 0) is 57.3 Å². The lowest BCUT2D eigenvalue weighted by Crippen LogP contribution is -2.55. The molecular weight excluding hydrogens is 622 g/mol. The van der Waals surface area contributed by atoms with Gasteiger partial charge in [0.1, 0.15) is 29.0 Å². The van der Waals surface area contributed by atoms with Crippen molar-refractivity contribution in [1.82, 2.24) is 9.88 Å². The first-order valence-electron chi connectivity index (χ1n) is 14.9. The SMILES string of the molecule is COc1cc(F)c([C@@H]2CN(c3nc(N4C[C@@H](C)N(C)[C@@H](C)C4)ccc3OC)C(=O)C2C=NC(=O)c2ccc(OC(F)F)cc2)c(F)c1. The second kappa shape index (κ2) is 14.0. The highest BCUT2D eigenvalue weighted by Gasteiger charge is 2.45. The monoisotopic (exact) mass is 657 g/mol. The third kappa shape index (κ3) is 7.02. The number of aromatic nitrogens is 1. The van der Waals surface area contributed by atoms with Crippen molar-refractivity contribution in [2.75, 3.05) is 50.7 Å². The highest BCUT2D eigenvalue weighted by atomic mass is 19.3. The average Bonchev–Trinajstić information content (AvgIpc) is 3.36. The molecule has 2 amide bonds. The zero-order valence-corrected chi connectivity index (χ0v) is 26.5. The molecular formula is C33H35F4N5O5.